The van der Waals surface area contributed by atoms with Crippen LogP contribution in [0.4, 0.5) is 0 Å². The highest BCUT2D eigenvalue weighted by Crippen LogP contribution is 2.27. The molecule has 0 bridgehead atoms. The molecule has 1 unspecified atom stereocenters. The van der Waals surface area contributed by atoms with Gasteiger partial charge >= 0.3 is 0 Å². The van der Waals surface area contributed by atoms with Gasteiger partial charge in [0, 0.05) is 30.7 Å². The number of sulfonamides is 1. The van der Waals surface area contributed by atoms with Crippen LogP contribution >= 0.6 is 0 Å². The SMILES string of the molecule is Cc1ccc(S(=O)(=O)NC(C)(C)C)cc1-c1nc(C2CNCCN2C)no1. The number of aromatic nitrogens is 2. The number of benzene rings is 1. The first-order chi connectivity index (χ1) is 12.6. The number of likely N-dealkylation sites (N-methyl/N-ethyl adjacent to an activating group) is 1. The normalized spacial score (nSPS) is 19.4. The monoisotopic (exact) mass is 393 g/mol. The van der Waals surface area contributed by atoms with Gasteiger partial charge in [-0.15, -0.1) is 0 Å². The second-order valence-corrected chi connectivity index (χ2v) is 9.67. The summed E-state index contributed by atoms with van der Waals surface area (Å²) in [6, 6.07) is 4.96. The van der Waals surface area contributed by atoms with Gasteiger partial charge in [0.2, 0.25) is 10.0 Å². The molecule has 1 saturated heterocycles. The van der Waals surface area contributed by atoms with Crippen molar-refractivity contribution in [3.05, 3.63) is 29.6 Å². The van der Waals surface area contributed by atoms with Crippen molar-refractivity contribution in [1.82, 2.24) is 25.1 Å². The van der Waals surface area contributed by atoms with Crippen LogP contribution in [0.25, 0.3) is 11.5 Å². The molecule has 0 spiro atoms. The predicted molar refractivity (Wildman–Crippen MR) is 103 cm³/mol. The van der Waals surface area contributed by atoms with Crippen LogP contribution in [0, 0.1) is 6.92 Å². The van der Waals surface area contributed by atoms with E-state index in [1.165, 1.54) is 0 Å². The Balaban J connectivity index is 1.94. The lowest BCUT2D eigenvalue weighted by molar-refractivity contribution is 0.190. The quantitative estimate of drug-likeness (QED) is 0.815. The van der Waals surface area contributed by atoms with Crippen LogP contribution in [0.2, 0.25) is 0 Å². The summed E-state index contributed by atoms with van der Waals surface area (Å²) in [6.45, 7) is 9.88. The number of hydrogen-bond acceptors (Lipinski definition) is 7. The van der Waals surface area contributed by atoms with Crippen LogP contribution in [0.5, 0.6) is 0 Å². The minimum atomic E-state index is -3.65. The van der Waals surface area contributed by atoms with Crippen molar-refractivity contribution in [2.75, 3.05) is 26.7 Å². The lowest BCUT2D eigenvalue weighted by atomic mass is 10.1. The molecule has 3 rings (SSSR count). The molecule has 27 heavy (non-hydrogen) atoms. The maximum absolute atomic E-state index is 12.6. The second kappa shape index (κ2) is 7.31. The van der Waals surface area contributed by atoms with Crippen LogP contribution < -0.4 is 10.0 Å². The summed E-state index contributed by atoms with van der Waals surface area (Å²) in [7, 11) is -1.62. The molecule has 1 aromatic carbocycles. The van der Waals surface area contributed by atoms with Crippen LogP contribution in [0.15, 0.2) is 27.6 Å². The van der Waals surface area contributed by atoms with E-state index in [2.05, 4.69) is 25.1 Å². The minimum Gasteiger partial charge on any atom is -0.334 e. The van der Waals surface area contributed by atoms with Crippen LogP contribution in [-0.4, -0.2) is 55.7 Å². The van der Waals surface area contributed by atoms with Crippen molar-refractivity contribution in [2.24, 2.45) is 0 Å². The lowest BCUT2D eigenvalue weighted by Crippen LogP contribution is -2.44. The maximum atomic E-state index is 12.6. The first-order valence-electron chi connectivity index (χ1n) is 8.96. The number of aryl methyl sites for hydroxylation is 1. The van der Waals surface area contributed by atoms with Gasteiger partial charge in [0.1, 0.15) is 0 Å². The Morgan fingerprint density at radius 3 is 2.74 bits per heavy atom. The fourth-order valence-corrected chi connectivity index (χ4v) is 4.48. The van der Waals surface area contributed by atoms with E-state index in [9.17, 15) is 8.42 Å². The van der Waals surface area contributed by atoms with E-state index >= 15 is 0 Å². The van der Waals surface area contributed by atoms with Crippen LogP contribution in [0.3, 0.4) is 0 Å². The van der Waals surface area contributed by atoms with Gasteiger partial charge in [0.25, 0.3) is 5.89 Å². The molecule has 0 aliphatic carbocycles. The van der Waals surface area contributed by atoms with E-state index in [4.69, 9.17) is 4.52 Å². The molecule has 1 aliphatic heterocycles. The predicted octanol–water partition coefficient (Wildman–Crippen LogP) is 1.70. The molecule has 148 valence electrons. The first-order valence-corrected chi connectivity index (χ1v) is 10.4. The molecule has 8 nitrogen and oxygen atoms in total. The smallest absolute Gasteiger partial charge is 0.258 e. The molecule has 2 N–H and O–H groups in total. The highest BCUT2D eigenvalue weighted by atomic mass is 32.2. The number of hydrogen-bond donors (Lipinski definition) is 2. The van der Waals surface area contributed by atoms with Gasteiger partial charge in [-0.1, -0.05) is 11.2 Å². The highest BCUT2D eigenvalue weighted by molar-refractivity contribution is 7.89. The molecule has 0 saturated carbocycles. The Hall–Kier alpha value is -1.81. The van der Waals surface area contributed by atoms with Gasteiger partial charge in [-0.2, -0.15) is 4.98 Å². The molecule has 1 atom stereocenters. The molecule has 1 aromatic heterocycles. The molecule has 2 aromatic rings. The third-order valence-electron chi connectivity index (χ3n) is 4.44. The first kappa shape index (κ1) is 19.9. The molecular formula is C18H27N5O3S. The fourth-order valence-electron chi connectivity index (χ4n) is 3.03. The largest absolute Gasteiger partial charge is 0.334 e. The Kier molecular flexibility index (Phi) is 5.40. The fraction of sp³-hybridized carbons (Fsp3) is 0.556. The van der Waals surface area contributed by atoms with E-state index in [0.29, 0.717) is 17.3 Å². The van der Waals surface area contributed by atoms with Gasteiger partial charge in [0.15, 0.2) is 5.82 Å². The summed E-state index contributed by atoms with van der Waals surface area (Å²) in [5, 5.41) is 7.45. The van der Waals surface area contributed by atoms with E-state index < -0.39 is 15.6 Å². The second-order valence-electron chi connectivity index (χ2n) is 7.99. The summed E-state index contributed by atoms with van der Waals surface area (Å²) < 4.78 is 33.4. The summed E-state index contributed by atoms with van der Waals surface area (Å²) in [5.41, 5.74) is 0.923. The van der Waals surface area contributed by atoms with Crippen molar-refractivity contribution in [3.63, 3.8) is 0 Å². The average Bonchev–Trinajstić information content (AvgIpc) is 3.02. The average molecular weight is 394 g/mol. The molecular weight excluding hydrogens is 366 g/mol. The van der Waals surface area contributed by atoms with Gasteiger partial charge in [-0.25, -0.2) is 13.1 Å². The van der Waals surface area contributed by atoms with Crippen molar-refractivity contribution in [2.45, 2.75) is 44.2 Å². The topological polar surface area (TPSA) is 100 Å². The third-order valence-corrected chi connectivity index (χ3v) is 6.20. The summed E-state index contributed by atoms with van der Waals surface area (Å²) in [5.74, 6) is 0.925. The molecule has 1 fully saturated rings. The van der Waals surface area contributed by atoms with Crippen molar-refractivity contribution in [3.8, 4) is 11.5 Å². The number of nitrogens with one attached hydrogen (secondary N) is 2. The molecule has 1 aliphatic rings. The van der Waals surface area contributed by atoms with Crippen LogP contribution in [-0.2, 0) is 10.0 Å². The zero-order valence-corrected chi connectivity index (χ0v) is 17.2. The van der Waals surface area contributed by atoms with Crippen molar-refractivity contribution < 1.29 is 12.9 Å². The van der Waals surface area contributed by atoms with Crippen LogP contribution in [0.1, 0.15) is 38.2 Å². The number of nitrogens with zero attached hydrogens (tertiary/aromatic N) is 3. The van der Waals surface area contributed by atoms with E-state index in [1.807, 2.05) is 14.0 Å². The number of rotatable bonds is 4. The standard InChI is InChI=1S/C18H27N5O3S/c1-12-6-7-13(27(24,25)22-18(2,3)4)10-14(12)17-20-16(21-26-17)15-11-19-8-9-23(15)5/h6-7,10,15,19,22H,8-9,11H2,1-5H3. The molecule has 9 heteroatoms. The summed E-state index contributed by atoms with van der Waals surface area (Å²) in [6.07, 6.45) is 0. The highest BCUT2D eigenvalue weighted by Gasteiger charge is 2.27. The molecule has 0 amide bonds. The third kappa shape index (κ3) is 4.55. The van der Waals surface area contributed by atoms with E-state index in [-0.39, 0.29) is 10.9 Å². The van der Waals surface area contributed by atoms with Crippen molar-refractivity contribution in [1.29, 1.82) is 0 Å². The van der Waals surface area contributed by atoms with Gasteiger partial charge < -0.3 is 9.84 Å². The van der Waals surface area contributed by atoms with Crippen molar-refractivity contribution >= 4 is 10.0 Å². The number of piperazine rings is 1. The Morgan fingerprint density at radius 1 is 1.33 bits per heavy atom. The molecule has 2 heterocycles. The van der Waals surface area contributed by atoms with Gasteiger partial charge in [0.05, 0.1) is 10.9 Å². The zero-order valence-electron chi connectivity index (χ0n) is 16.4. The lowest BCUT2D eigenvalue weighted by Gasteiger charge is -2.30. The summed E-state index contributed by atoms with van der Waals surface area (Å²) in [4.78, 5) is 6.89. The van der Waals surface area contributed by atoms with Gasteiger partial charge in [-0.3, -0.25) is 4.90 Å². The van der Waals surface area contributed by atoms with Gasteiger partial charge in [-0.05, 0) is 52.4 Å². The Bertz CT molecular complexity index is 917. The zero-order chi connectivity index (χ0) is 19.8. The van der Waals surface area contributed by atoms with E-state index in [0.717, 1.165) is 25.2 Å². The molecule has 0 radical (unpaired) electrons. The Labute approximate surface area is 160 Å². The maximum Gasteiger partial charge on any atom is 0.258 e. The summed E-state index contributed by atoms with van der Waals surface area (Å²) >= 11 is 0. The minimum absolute atomic E-state index is 0.0334. The van der Waals surface area contributed by atoms with E-state index in [1.54, 1.807) is 39.0 Å². The Morgan fingerprint density at radius 2 is 2.07 bits per heavy atom.